The first kappa shape index (κ1) is 13.1. The van der Waals surface area contributed by atoms with Gasteiger partial charge >= 0.3 is 0 Å². The van der Waals surface area contributed by atoms with E-state index >= 15 is 0 Å². The van der Waals surface area contributed by atoms with E-state index in [0.29, 0.717) is 12.3 Å². The molecule has 6 nitrogen and oxygen atoms in total. The third-order valence-corrected chi connectivity index (χ3v) is 3.84. The van der Waals surface area contributed by atoms with Crippen LogP contribution in [0.2, 0.25) is 0 Å². The molecule has 1 atom stereocenters. The first-order valence-electron chi connectivity index (χ1n) is 4.82. The van der Waals surface area contributed by atoms with E-state index in [2.05, 4.69) is 9.88 Å². The van der Waals surface area contributed by atoms with E-state index in [-0.39, 0.29) is 16.7 Å². The van der Waals surface area contributed by atoms with Gasteiger partial charge in [0.1, 0.15) is 10.6 Å². The molecule has 0 radical (unpaired) electrons. The van der Waals surface area contributed by atoms with Gasteiger partial charge in [0.15, 0.2) is 5.76 Å². The highest BCUT2D eigenvalue weighted by Gasteiger charge is 2.25. The van der Waals surface area contributed by atoms with Crippen molar-refractivity contribution in [3.63, 3.8) is 0 Å². The number of ether oxygens (including phenoxy) is 1. The Bertz CT molecular complexity index is 433. The van der Waals surface area contributed by atoms with Crippen LogP contribution in [0.3, 0.4) is 0 Å². The van der Waals surface area contributed by atoms with Crippen LogP contribution in [0.15, 0.2) is 9.42 Å². The third kappa shape index (κ3) is 2.81. The molecule has 1 rings (SSSR count). The highest BCUT2D eigenvalue weighted by molar-refractivity contribution is 7.89. The number of sulfonamides is 1. The number of methoxy groups -OCH3 is 1. The highest BCUT2D eigenvalue weighted by Crippen LogP contribution is 2.18. The molecule has 0 aliphatic heterocycles. The van der Waals surface area contributed by atoms with Crippen LogP contribution in [-0.2, 0) is 14.8 Å². The second-order valence-electron chi connectivity index (χ2n) is 3.63. The van der Waals surface area contributed by atoms with Crippen molar-refractivity contribution in [3.8, 4) is 0 Å². The molecule has 1 N–H and O–H groups in total. The van der Waals surface area contributed by atoms with Crippen molar-refractivity contribution in [2.75, 3.05) is 13.7 Å². The topological polar surface area (TPSA) is 81.4 Å². The minimum atomic E-state index is -3.59. The van der Waals surface area contributed by atoms with Crippen molar-refractivity contribution in [3.05, 3.63) is 11.5 Å². The molecule has 0 aliphatic carbocycles. The van der Waals surface area contributed by atoms with E-state index in [1.807, 2.05) is 0 Å². The van der Waals surface area contributed by atoms with Gasteiger partial charge in [-0.05, 0) is 20.8 Å². The van der Waals surface area contributed by atoms with E-state index in [4.69, 9.17) is 9.26 Å². The summed E-state index contributed by atoms with van der Waals surface area (Å²) >= 11 is 0. The minimum Gasteiger partial charge on any atom is -0.383 e. The smallest absolute Gasteiger partial charge is 0.246 e. The molecule has 0 fully saturated rings. The quantitative estimate of drug-likeness (QED) is 0.825. The minimum absolute atomic E-state index is 0.107. The van der Waals surface area contributed by atoms with Crippen molar-refractivity contribution in [2.24, 2.45) is 0 Å². The zero-order chi connectivity index (χ0) is 12.3. The van der Waals surface area contributed by atoms with Gasteiger partial charge < -0.3 is 9.26 Å². The molecule has 7 heteroatoms. The van der Waals surface area contributed by atoms with Gasteiger partial charge in [0.05, 0.1) is 6.61 Å². The number of aryl methyl sites for hydroxylation is 2. The predicted octanol–water partition coefficient (Wildman–Crippen LogP) is 0.605. The maximum absolute atomic E-state index is 12.0. The van der Waals surface area contributed by atoms with E-state index in [0.717, 1.165) is 0 Å². The first-order chi connectivity index (χ1) is 7.38. The molecule has 0 saturated heterocycles. The maximum atomic E-state index is 12.0. The summed E-state index contributed by atoms with van der Waals surface area (Å²) in [5, 5.41) is 3.61. The Morgan fingerprint density at radius 2 is 2.12 bits per heavy atom. The Morgan fingerprint density at radius 3 is 2.56 bits per heavy atom. The van der Waals surface area contributed by atoms with E-state index < -0.39 is 10.0 Å². The zero-order valence-corrected chi connectivity index (χ0v) is 10.6. The lowest BCUT2D eigenvalue weighted by atomic mass is 10.4. The van der Waals surface area contributed by atoms with Crippen LogP contribution in [0.1, 0.15) is 18.4 Å². The fourth-order valence-corrected chi connectivity index (χ4v) is 3.02. The molecular formula is C9H16N2O4S. The summed E-state index contributed by atoms with van der Waals surface area (Å²) < 4.78 is 36.1. The normalized spacial score (nSPS) is 14.0. The average Bonchev–Trinajstić information content (AvgIpc) is 2.45. The molecule has 16 heavy (non-hydrogen) atoms. The molecule has 0 aliphatic rings. The predicted molar refractivity (Wildman–Crippen MR) is 57.6 cm³/mol. The van der Waals surface area contributed by atoms with Crippen LogP contribution in [0.25, 0.3) is 0 Å². The number of hydrogen-bond acceptors (Lipinski definition) is 5. The van der Waals surface area contributed by atoms with Crippen molar-refractivity contribution >= 4 is 10.0 Å². The summed E-state index contributed by atoms with van der Waals surface area (Å²) in [5.41, 5.74) is 0.356. The molecule has 0 saturated carbocycles. The second-order valence-corrected chi connectivity index (χ2v) is 5.28. The lowest BCUT2D eigenvalue weighted by molar-refractivity contribution is 0.180. The fraction of sp³-hybridized carbons (Fsp3) is 0.667. The second kappa shape index (κ2) is 4.94. The molecule has 1 aromatic rings. The molecular weight excluding hydrogens is 232 g/mol. The van der Waals surface area contributed by atoms with Gasteiger partial charge in [0, 0.05) is 13.2 Å². The zero-order valence-electron chi connectivity index (χ0n) is 9.77. The molecule has 1 aromatic heterocycles. The van der Waals surface area contributed by atoms with Crippen molar-refractivity contribution in [1.82, 2.24) is 9.88 Å². The van der Waals surface area contributed by atoms with Gasteiger partial charge in [-0.2, -0.15) is 0 Å². The number of hydrogen-bond donors (Lipinski definition) is 1. The monoisotopic (exact) mass is 248 g/mol. The summed E-state index contributed by atoms with van der Waals surface area (Å²) in [7, 11) is -2.07. The van der Waals surface area contributed by atoms with Crippen LogP contribution >= 0.6 is 0 Å². The van der Waals surface area contributed by atoms with Crippen molar-refractivity contribution < 1.29 is 17.7 Å². The lowest BCUT2D eigenvalue weighted by Gasteiger charge is -2.12. The van der Waals surface area contributed by atoms with Crippen LogP contribution in [0.4, 0.5) is 0 Å². The van der Waals surface area contributed by atoms with Crippen LogP contribution in [0.5, 0.6) is 0 Å². The summed E-state index contributed by atoms with van der Waals surface area (Å²) in [5.74, 6) is 0.287. The Morgan fingerprint density at radius 1 is 1.50 bits per heavy atom. The van der Waals surface area contributed by atoms with E-state index in [1.165, 1.54) is 7.11 Å². The highest BCUT2D eigenvalue weighted by atomic mass is 32.2. The number of nitrogens with one attached hydrogen (secondary N) is 1. The maximum Gasteiger partial charge on any atom is 0.246 e. The Kier molecular flexibility index (Phi) is 4.06. The molecule has 0 bridgehead atoms. The van der Waals surface area contributed by atoms with E-state index in [1.54, 1.807) is 20.8 Å². The molecule has 0 spiro atoms. The van der Waals surface area contributed by atoms with Crippen LogP contribution < -0.4 is 4.72 Å². The number of aromatic nitrogens is 1. The molecule has 92 valence electrons. The molecule has 0 aromatic carbocycles. The van der Waals surface area contributed by atoms with E-state index in [9.17, 15) is 8.42 Å². The Hall–Kier alpha value is -0.920. The average molecular weight is 248 g/mol. The molecule has 0 amide bonds. The Labute approximate surface area is 95.0 Å². The van der Waals surface area contributed by atoms with Gasteiger partial charge in [-0.3, -0.25) is 0 Å². The van der Waals surface area contributed by atoms with Gasteiger partial charge in [-0.15, -0.1) is 0 Å². The van der Waals surface area contributed by atoms with Crippen molar-refractivity contribution in [1.29, 1.82) is 0 Å². The number of nitrogens with zero attached hydrogens (tertiary/aromatic N) is 1. The summed E-state index contributed by atoms with van der Waals surface area (Å²) in [6, 6.07) is -0.302. The molecule has 1 heterocycles. The Balaban J connectivity index is 2.95. The third-order valence-electron chi connectivity index (χ3n) is 2.01. The largest absolute Gasteiger partial charge is 0.383 e. The number of rotatable bonds is 5. The summed E-state index contributed by atoms with van der Waals surface area (Å²) in [6.45, 7) is 5.18. The molecule has 0 unspecified atom stereocenters. The van der Waals surface area contributed by atoms with Crippen LogP contribution in [-0.4, -0.2) is 33.3 Å². The summed E-state index contributed by atoms with van der Waals surface area (Å²) in [4.78, 5) is 0.107. The van der Waals surface area contributed by atoms with Gasteiger partial charge in [-0.25, -0.2) is 13.1 Å². The van der Waals surface area contributed by atoms with Gasteiger partial charge in [0.25, 0.3) is 0 Å². The van der Waals surface area contributed by atoms with Gasteiger partial charge in [-0.1, -0.05) is 5.16 Å². The van der Waals surface area contributed by atoms with Crippen LogP contribution in [0, 0.1) is 13.8 Å². The van der Waals surface area contributed by atoms with Crippen molar-refractivity contribution in [2.45, 2.75) is 31.7 Å². The SMILES string of the molecule is COC[C@H](C)NS(=O)(=O)c1c(C)noc1C. The standard InChI is InChI=1S/C9H16N2O4S/c1-6(5-14-4)11-16(12,13)9-7(2)10-15-8(9)3/h6,11H,5H2,1-4H3/t6-/m0/s1. The fourth-order valence-electron chi connectivity index (χ4n) is 1.47. The lowest BCUT2D eigenvalue weighted by Crippen LogP contribution is -2.36. The summed E-state index contributed by atoms with van der Waals surface area (Å²) in [6.07, 6.45) is 0. The van der Waals surface area contributed by atoms with Gasteiger partial charge in [0.2, 0.25) is 10.0 Å². The first-order valence-corrected chi connectivity index (χ1v) is 6.31.